The number of nitrogens with zero attached hydrogens (tertiary/aromatic N) is 8. The second kappa shape index (κ2) is 11.6. The SMILES string of the molecule is CC(=O)c1nn(CC(=O)N2CC(CN3CC4(CC4)C3)CC2C(=O)Nc2nc(Br)ccc2C)c2c(C)nc(-c3cnc(C)nc3)cc12. The minimum atomic E-state index is -0.657. The van der Waals surface area contributed by atoms with Crippen molar-refractivity contribution in [2.75, 3.05) is 31.5 Å². The van der Waals surface area contributed by atoms with Gasteiger partial charge in [-0.25, -0.2) is 15.0 Å². The van der Waals surface area contributed by atoms with Crippen LogP contribution in [0.5, 0.6) is 0 Å². The van der Waals surface area contributed by atoms with Crippen LogP contribution in [-0.2, 0) is 16.1 Å². The van der Waals surface area contributed by atoms with Gasteiger partial charge in [0.1, 0.15) is 34.5 Å². The molecule has 1 spiro atoms. The third kappa shape index (κ3) is 5.81. The molecule has 0 bridgehead atoms. The molecule has 3 aliphatic rings. The van der Waals surface area contributed by atoms with Crippen LogP contribution >= 0.6 is 15.9 Å². The maximum absolute atomic E-state index is 14.1. The topological polar surface area (TPSA) is 139 Å². The molecule has 2 unspecified atom stereocenters. The molecule has 4 aromatic rings. The minimum absolute atomic E-state index is 0.128. The molecule has 6 heterocycles. The fraction of sp³-hybridized carbons (Fsp3) is 0.455. The fourth-order valence-electron chi connectivity index (χ4n) is 6.96. The number of fused-ring (bicyclic) bond motifs is 1. The smallest absolute Gasteiger partial charge is 0.248 e. The van der Waals surface area contributed by atoms with E-state index in [1.165, 1.54) is 19.8 Å². The summed E-state index contributed by atoms with van der Waals surface area (Å²) in [6.45, 7) is 10.4. The first-order valence-electron chi connectivity index (χ1n) is 15.6. The van der Waals surface area contributed by atoms with E-state index in [2.05, 4.69) is 46.2 Å². The van der Waals surface area contributed by atoms with Gasteiger partial charge in [0.15, 0.2) is 5.78 Å². The highest BCUT2D eigenvalue weighted by Gasteiger charge is 2.53. The first kappa shape index (κ1) is 30.5. The van der Waals surface area contributed by atoms with Crippen molar-refractivity contribution >= 4 is 50.2 Å². The van der Waals surface area contributed by atoms with Crippen LogP contribution in [0.1, 0.15) is 53.8 Å². The average Bonchev–Trinajstić information content (AvgIpc) is 3.53. The van der Waals surface area contributed by atoms with Crippen molar-refractivity contribution in [3.63, 3.8) is 0 Å². The number of rotatable bonds is 8. The van der Waals surface area contributed by atoms with Crippen molar-refractivity contribution in [1.82, 2.24) is 39.5 Å². The van der Waals surface area contributed by atoms with Crippen LogP contribution < -0.4 is 5.32 Å². The van der Waals surface area contributed by atoms with Gasteiger partial charge in [0.2, 0.25) is 11.8 Å². The Kier molecular flexibility index (Phi) is 7.71. The third-order valence-corrected chi connectivity index (χ3v) is 9.94. The van der Waals surface area contributed by atoms with E-state index in [-0.39, 0.29) is 35.8 Å². The molecule has 0 aromatic carbocycles. The van der Waals surface area contributed by atoms with Gasteiger partial charge >= 0.3 is 0 Å². The highest BCUT2D eigenvalue weighted by atomic mass is 79.9. The maximum atomic E-state index is 14.1. The lowest BCUT2D eigenvalue weighted by molar-refractivity contribution is -0.137. The lowest BCUT2D eigenvalue weighted by Gasteiger charge is -2.41. The zero-order chi connectivity index (χ0) is 32.3. The highest BCUT2D eigenvalue weighted by molar-refractivity contribution is 9.10. The average molecular weight is 687 g/mol. The van der Waals surface area contributed by atoms with Crippen molar-refractivity contribution in [2.45, 2.75) is 59.5 Å². The van der Waals surface area contributed by atoms with E-state index in [1.807, 2.05) is 32.9 Å². The quantitative estimate of drug-likeness (QED) is 0.214. The maximum Gasteiger partial charge on any atom is 0.248 e. The summed E-state index contributed by atoms with van der Waals surface area (Å²) in [5.41, 5.74) is 4.19. The van der Waals surface area contributed by atoms with Crippen LogP contribution in [0.4, 0.5) is 5.82 Å². The molecule has 13 heteroatoms. The van der Waals surface area contributed by atoms with Crippen molar-refractivity contribution in [3.05, 3.63) is 58.0 Å². The molecule has 7 rings (SSSR count). The molecule has 2 saturated heterocycles. The number of carbonyl (C=O) groups excluding carboxylic acids is 3. The van der Waals surface area contributed by atoms with Crippen molar-refractivity contribution < 1.29 is 14.4 Å². The van der Waals surface area contributed by atoms with Crippen LogP contribution in [0.3, 0.4) is 0 Å². The first-order chi connectivity index (χ1) is 22.0. The number of hydrogen-bond donors (Lipinski definition) is 1. The second-order valence-corrected chi connectivity index (χ2v) is 14.0. The lowest BCUT2D eigenvalue weighted by atomic mass is 9.94. The van der Waals surface area contributed by atoms with E-state index < -0.39 is 6.04 Å². The Morgan fingerprint density at radius 2 is 1.80 bits per heavy atom. The van der Waals surface area contributed by atoms with Crippen LogP contribution in [0.2, 0.25) is 0 Å². The number of likely N-dealkylation sites (tertiary alicyclic amines) is 2. The summed E-state index contributed by atoms with van der Waals surface area (Å²) >= 11 is 3.39. The van der Waals surface area contributed by atoms with E-state index in [9.17, 15) is 14.4 Å². The minimum Gasteiger partial charge on any atom is -0.329 e. The van der Waals surface area contributed by atoms with Crippen molar-refractivity contribution in [2.24, 2.45) is 11.3 Å². The number of aryl methyl sites for hydroxylation is 3. The van der Waals surface area contributed by atoms with E-state index >= 15 is 0 Å². The summed E-state index contributed by atoms with van der Waals surface area (Å²) < 4.78 is 2.17. The van der Waals surface area contributed by atoms with Gasteiger partial charge in [-0.15, -0.1) is 0 Å². The number of pyridine rings is 2. The summed E-state index contributed by atoms with van der Waals surface area (Å²) in [5, 5.41) is 8.19. The summed E-state index contributed by atoms with van der Waals surface area (Å²) in [6, 6.07) is 4.85. The van der Waals surface area contributed by atoms with Gasteiger partial charge < -0.3 is 15.1 Å². The number of ketones is 1. The molecule has 2 aliphatic heterocycles. The Morgan fingerprint density at radius 1 is 1.07 bits per heavy atom. The highest BCUT2D eigenvalue weighted by Crippen LogP contribution is 2.53. The van der Waals surface area contributed by atoms with Crippen LogP contribution in [0, 0.1) is 32.1 Å². The fourth-order valence-corrected chi connectivity index (χ4v) is 7.27. The number of halogens is 1. The van der Waals surface area contributed by atoms with Crippen LogP contribution in [0.25, 0.3) is 22.2 Å². The normalized spacial score (nSPS) is 20.2. The van der Waals surface area contributed by atoms with Gasteiger partial charge in [0, 0.05) is 56.4 Å². The van der Waals surface area contributed by atoms with Gasteiger partial charge in [-0.3, -0.25) is 24.0 Å². The number of nitrogens with one attached hydrogen (secondary N) is 1. The van der Waals surface area contributed by atoms with Gasteiger partial charge in [0.05, 0.1) is 16.9 Å². The first-order valence-corrected chi connectivity index (χ1v) is 16.4. The number of Topliss-reactive ketones (excluding diaryl/α,β-unsaturated/α-hetero) is 1. The second-order valence-electron chi connectivity index (χ2n) is 13.2. The summed E-state index contributed by atoms with van der Waals surface area (Å²) in [6.07, 6.45) is 6.56. The number of hydrogen-bond acceptors (Lipinski definition) is 9. The molecule has 1 N–H and O–H groups in total. The molecule has 2 amide bonds. The van der Waals surface area contributed by atoms with Gasteiger partial charge in [-0.1, -0.05) is 6.07 Å². The summed E-state index contributed by atoms with van der Waals surface area (Å²) in [5.74, 6) is 0.564. The van der Waals surface area contributed by atoms with Crippen molar-refractivity contribution in [1.29, 1.82) is 0 Å². The predicted molar refractivity (Wildman–Crippen MR) is 175 cm³/mol. The van der Waals surface area contributed by atoms with Crippen LogP contribution in [0.15, 0.2) is 35.2 Å². The number of carbonyl (C=O) groups is 3. The number of aromatic nitrogens is 6. The third-order valence-electron chi connectivity index (χ3n) is 9.50. The Hall–Kier alpha value is -4.10. The predicted octanol–water partition coefficient (Wildman–Crippen LogP) is 4.13. The molecule has 4 aromatic heterocycles. The lowest BCUT2D eigenvalue weighted by Crippen LogP contribution is -2.50. The van der Waals surface area contributed by atoms with E-state index in [1.54, 1.807) is 28.0 Å². The monoisotopic (exact) mass is 685 g/mol. The number of amides is 2. The molecule has 3 fully saturated rings. The molecule has 2 atom stereocenters. The standard InChI is InChI=1S/C33H36BrN9O3/c1-18-5-6-27(34)38-31(18)39-32(46)26-9-22(13-41-16-33(17-41)7-8-33)14-42(26)28(45)15-43-30-19(2)37-25(23-11-35-21(4)36-12-23)10-24(30)29(40-43)20(3)44/h5-6,10-12,22,26H,7-9,13-17H2,1-4H3,(H,38,39,46). The zero-order valence-electron chi connectivity index (χ0n) is 26.4. The van der Waals surface area contributed by atoms with Gasteiger partial charge in [-0.05, 0) is 85.0 Å². The summed E-state index contributed by atoms with van der Waals surface area (Å²) in [7, 11) is 0. The molecule has 12 nitrogen and oxygen atoms in total. The molecular formula is C33H36BrN9O3. The van der Waals surface area contributed by atoms with Gasteiger partial charge in [0.25, 0.3) is 0 Å². The Labute approximate surface area is 275 Å². The van der Waals surface area contributed by atoms with Crippen LogP contribution in [-0.4, -0.2) is 89.3 Å². The molecule has 1 saturated carbocycles. The van der Waals surface area contributed by atoms with E-state index in [0.717, 1.165) is 30.8 Å². The molecular weight excluding hydrogens is 650 g/mol. The van der Waals surface area contributed by atoms with E-state index in [4.69, 9.17) is 4.98 Å². The Bertz CT molecular complexity index is 1880. The van der Waals surface area contributed by atoms with E-state index in [0.29, 0.717) is 56.9 Å². The zero-order valence-corrected chi connectivity index (χ0v) is 28.0. The molecule has 238 valence electrons. The van der Waals surface area contributed by atoms with Gasteiger partial charge in [-0.2, -0.15) is 5.10 Å². The largest absolute Gasteiger partial charge is 0.329 e. The molecule has 1 aliphatic carbocycles. The summed E-state index contributed by atoms with van der Waals surface area (Å²) in [4.78, 5) is 62.5. The Balaban J connectivity index is 1.17. The molecule has 0 radical (unpaired) electrons. The molecule has 46 heavy (non-hydrogen) atoms. The van der Waals surface area contributed by atoms with Crippen molar-refractivity contribution in [3.8, 4) is 11.3 Å². The number of anilines is 1. The Morgan fingerprint density at radius 3 is 2.50 bits per heavy atom.